The Balaban J connectivity index is 3.01. The molecule has 0 fully saturated rings. The first-order valence-electron chi connectivity index (χ1n) is 5.71. The minimum absolute atomic E-state index is 0.0163. The average Bonchev–Trinajstić information content (AvgIpc) is 2.37. The molecule has 0 aliphatic carbocycles. The Morgan fingerprint density at radius 1 is 1.38 bits per heavy atom. The number of halogens is 3. The molecule has 1 N–H and O–H groups in total. The van der Waals surface area contributed by atoms with Gasteiger partial charge in [-0.3, -0.25) is 4.79 Å². The van der Waals surface area contributed by atoms with E-state index in [0.717, 1.165) is 6.07 Å². The molecule has 0 unspecified atom stereocenters. The van der Waals surface area contributed by atoms with Crippen molar-refractivity contribution in [1.82, 2.24) is 0 Å². The van der Waals surface area contributed by atoms with Gasteiger partial charge < -0.3 is 14.6 Å². The maximum atomic E-state index is 12.2. The fraction of sp³-hybridized carbons (Fsp3) is 0.231. The van der Waals surface area contributed by atoms with Crippen molar-refractivity contribution in [2.24, 2.45) is 0 Å². The number of hydrogen-bond donors (Lipinski definition) is 1. The summed E-state index contributed by atoms with van der Waals surface area (Å²) < 4.78 is 33.3. The van der Waals surface area contributed by atoms with Gasteiger partial charge in [0.15, 0.2) is 0 Å². The Morgan fingerprint density at radius 3 is 2.62 bits per heavy atom. The Kier molecular flexibility index (Phi) is 6.29. The molecule has 1 aromatic carbocycles. The van der Waals surface area contributed by atoms with Crippen molar-refractivity contribution in [3.63, 3.8) is 0 Å². The molecule has 1 rings (SSSR count). The van der Waals surface area contributed by atoms with E-state index in [2.05, 4.69) is 25.4 Å². The third kappa shape index (κ3) is 5.50. The second-order valence-electron chi connectivity index (χ2n) is 3.67. The Morgan fingerprint density at radius 2 is 2.05 bits per heavy atom. The zero-order valence-electron chi connectivity index (χ0n) is 10.8. The van der Waals surface area contributed by atoms with Crippen molar-refractivity contribution >= 4 is 33.4 Å². The first-order valence-corrected chi connectivity index (χ1v) is 6.50. The van der Waals surface area contributed by atoms with Crippen LogP contribution in [0, 0.1) is 0 Å². The molecule has 0 saturated heterocycles. The van der Waals surface area contributed by atoms with E-state index in [1.54, 1.807) is 0 Å². The summed E-state index contributed by atoms with van der Waals surface area (Å²) in [6, 6.07) is 3.72. The van der Waals surface area contributed by atoms with E-state index >= 15 is 0 Å². The summed E-state index contributed by atoms with van der Waals surface area (Å²) in [7, 11) is 0. The van der Waals surface area contributed by atoms with Gasteiger partial charge in [-0.15, -0.1) is 0 Å². The molecule has 8 heteroatoms. The number of hydrogen-bond acceptors (Lipinski definition) is 5. The molecular weight excluding hydrogens is 354 g/mol. The fourth-order valence-electron chi connectivity index (χ4n) is 1.35. The molecule has 0 saturated carbocycles. The molecule has 21 heavy (non-hydrogen) atoms. The van der Waals surface area contributed by atoms with Crippen molar-refractivity contribution in [2.45, 2.75) is 13.5 Å². The lowest BCUT2D eigenvalue weighted by molar-refractivity contribution is -0.151. The van der Waals surface area contributed by atoms with Crippen molar-refractivity contribution in [2.75, 3.05) is 6.61 Å². The molecular formula is C13H11BrF2O5. The van der Waals surface area contributed by atoms with Crippen molar-refractivity contribution in [1.29, 1.82) is 0 Å². The summed E-state index contributed by atoms with van der Waals surface area (Å²) in [4.78, 5) is 22.5. The number of ether oxygens (including phenoxy) is 2. The molecule has 1 aromatic rings. The van der Waals surface area contributed by atoms with Crippen LogP contribution in [0.15, 0.2) is 28.7 Å². The quantitative estimate of drug-likeness (QED) is 0.363. The lowest BCUT2D eigenvalue weighted by atomic mass is 10.1. The van der Waals surface area contributed by atoms with Crippen LogP contribution in [-0.4, -0.2) is 30.1 Å². The van der Waals surface area contributed by atoms with E-state index in [9.17, 15) is 23.5 Å². The largest absolute Gasteiger partial charge is 0.507 e. The van der Waals surface area contributed by atoms with E-state index in [1.165, 1.54) is 19.1 Å². The smallest absolute Gasteiger partial charge is 0.387 e. The summed E-state index contributed by atoms with van der Waals surface area (Å²) in [5, 5.41) is 9.76. The molecule has 5 nitrogen and oxygen atoms in total. The monoisotopic (exact) mass is 364 g/mol. The lowest BCUT2D eigenvalue weighted by Gasteiger charge is -2.07. The van der Waals surface area contributed by atoms with Crippen LogP contribution in [0.1, 0.15) is 12.5 Å². The normalized spacial score (nSPS) is 11.4. The van der Waals surface area contributed by atoms with Gasteiger partial charge in [0.2, 0.25) is 0 Å². The zero-order chi connectivity index (χ0) is 16.0. The molecule has 114 valence electrons. The predicted molar refractivity (Wildman–Crippen MR) is 73.0 cm³/mol. The summed E-state index contributed by atoms with van der Waals surface area (Å²) in [5.74, 6) is -2.97. The van der Waals surface area contributed by atoms with Gasteiger partial charge in [-0.2, -0.15) is 8.78 Å². The van der Waals surface area contributed by atoms with Gasteiger partial charge in [-0.05, 0) is 25.1 Å². The molecule has 0 bridgehead atoms. The van der Waals surface area contributed by atoms with Crippen LogP contribution in [0.2, 0.25) is 0 Å². The van der Waals surface area contributed by atoms with E-state index in [1.807, 2.05) is 0 Å². The number of carbonyl (C=O) groups excluding carboxylic acids is 2. The molecule has 0 aromatic heterocycles. The Labute approximate surface area is 127 Å². The number of benzene rings is 1. The number of esters is 1. The molecule has 0 spiro atoms. The number of aliphatic hydroxyl groups is 1. The topological polar surface area (TPSA) is 72.8 Å². The first kappa shape index (κ1) is 17.1. The van der Waals surface area contributed by atoms with E-state index in [4.69, 9.17) is 0 Å². The van der Waals surface area contributed by atoms with Gasteiger partial charge in [-0.1, -0.05) is 15.9 Å². The van der Waals surface area contributed by atoms with Crippen molar-refractivity contribution in [3.05, 3.63) is 34.3 Å². The molecule has 0 atom stereocenters. The van der Waals surface area contributed by atoms with E-state index in [0.29, 0.717) is 10.5 Å². The summed E-state index contributed by atoms with van der Waals surface area (Å²) in [6.45, 7) is -1.49. The zero-order valence-corrected chi connectivity index (χ0v) is 12.4. The number of alkyl halides is 2. The molecule has 0 heterocycles. The summed E-state index contributed by atoms with van der Waals surface area (Å²) >= 11 is 3.05. The van der Waals surface area contributed by atoms with Gasteiger partial charge in [0.1, 0.15) is 11.5 Å². The number of aliphatic hydroxyl groups excluding tert-OH is 1. The van der Waals surface area contributed by atoms with Crippen molar-refractivity contribution in [3.8, 4) is 5.75 Å². The second-order valence-corrected chi connectivity index (χ2v) is 4.58. The van der Waals surface area contributed by atoms with Crippen LogP contribution >= 0.6 is 15.9 Å². The molecule has 0 aliphatic heterocycles. The van der Waals surface area contributed by atoms with Crippen molar-refractivity contribution < 1.29 is 33.0 Å². The van der Waals surface area contributed by atoms with Gasteiger partial charge in [-0.25, -0.2) is 4.79 Å². The highest BCUT2D eigenvalue weighted by molar-refractivity contribution is 9.10. The Bertz CT molecular complexity index is 572. The van der Waals surface area contributed by atoms with Crippen LogP contribution in [-0.2, 0) is 14.3 Å². The van der Waals surface area contributed by atoms with Gasteiger partial charge in [0.25, 0.3) is 5.78 Å². The van der Waals surface area contributed by atoms with E-state index in [-0.39, 0.29) is 17.9 Å². The average molecular weight is 365 g/mol. The molecule has 0 radical (unpaired) electrons. The predicted octanol–water partition coefficient (Wildman–Crippen LogP) is 3.08. The van der Waals surface area contributed by atoms with E-state index < -0.39 is 24.1 Å². The van der Waals surface area contributed by atoms with Crippen LogP contribution < -0.4 is 4.74 Å². The second kappa shape index (κ2) is 7.72. The molecule has 0 amide bonds. The van der Waals surface area contributed by atoms with Gasteiger partial charge in [0.05, 0.1) is 6.61 Å². The highest BCUT2D eigenvalue weighted by atomic mass is 79.9. The highest BCUT2D eigenvalue weighted by Gasteiger charge is 2.15. The number of carbonyl (C=O) groups is 2. The fourth-order valence-corrected chi connectivity index (χ4v) is 1.82. The maximum absolute atomic E-state index is 12.2. The SMILES string of the molecule is CCOC(=O)C(=O)/C=C(\O)c1cc(Br)cc(OC(F)F)c1. The minimum Gasteiger partial charge on any atom is -0.507 e. The standard InChI is InChI=1S/C13H11BrF2O5/c1-2-20-12(19)11(18)6-10(17)7-3-8(14)5-9(4-7)21-13(15)16/h3-6,13,17H,2H2,1H3/b10-6-. The first-order chi connectivity index (χ1) is 9.83. The summed E-state index contributed by atoms with van der Waals surface area (Å²) in [5.41, 5.74) is 0.0256. The van der Waals surface area contributed by atoms with Crippen LogP contribution in [0.4, 0.5) is 8.78 Å². The van der Waals surface area contributed by atoms with Crippen LogP contribution in [0.3, 0.4) is 0 Å². The Hall–Kier alpha value is -1.96. The summed E-state index contributed by atoms with van der Waals surface area (Å²) in [6.07, 6.45) is 0.645. The third-order valence-corrected chi connectivity index (χ3v) is 2.59. The van der Waals surface area contributed by atoms with Crippen LogP contribution in [0.5, 0.6) is 5.75 Å². The maximum Gasteiger partial charge on any atom is 0.387 e. The molecule has 0 aliphatic rings. The number of ketones is 1. The highest BCUT2D eigenvalue weighted by Crippen LogP contribution is 2.26. The van der Waals surface area contributed by atoms with Gasteiger partial charge >= 0.3 is 12.6 Å². The van der Waals surface area contributed by atoms with Crippen LogP contribution in [0.25, 0.3) is 5.76 Å². The van der Waals surface area contributed by atoms with Gasteiger partial charge in [0, 0.05) is 16.1 Å². The third-order valence-electron chi connectivity index (χ3n) is 2.14. The minimum atomic E-state index is -3.03. The lowest BCUT2D eigenvalue weighted by Crippen LogP contribution is -2.15. The number of rotatable bonds is 6.